The summed E-state index contributed by atoms with van der Waals surface area (Å²) in [5.41, 5.74) is 4.82. The van der Waals surface area contributed by atoms with E-state index < -0.39 is 17.6 Å². The minimum absolute atomic E-state index is 0.0468. The molecular weight excluding hydrogens is 381 g/mol. The fraction of sp³-hybridized carbons (Fsp3) is 0.238. The van der Waals surface area contributed by atoms with E-state index in [0.717, 1.165) is 29.8 Å². The number of halogens is 2. The van der Waals surface area contributed by atoms with Gasteiger partial charge in [0, 0.05) is 28.3 Å². The van der Waals surface area contributed by atoms with Gasteiger partial charge in [-0.2, -0.15) is 0 Å². The number of hydrogen-bond acceptors (Lipinski definition) is 2. The average Bonchev–Trinajstić information content (AvgIpc) is 3.02. The predicted molar refractivity (Wildman–Crippen MR) is 107 cm³/mol. The van der Waals surface area contributed by atoms with Gasteiger partial charge < -0.3 is 15.6 Å². The van der Waals surface area contributed by atoms with E-state index in [0.29, 0.717) is 6.42 Å². The van der Waals surface area contributed by atoms with Gasteiger partial charge in [-0.15, -0.1) is 0 Å². The zero-order chi connectivity index (χ0) is 19.8. The number of benzene rings is 2. The van der Waals surface area contributed by atoms with E-state index in [-0.39, 0.29) is 16.8 Å². The quantitative estimate of drug-likeness (QED) is 0.572. The van der Waals surface area contributed by atoms with Crippen molar-refractivity contribution in [3.63, 3.8) is 0 Å². The van der Waals surface area contributed by atoms with Gasteiger partial charge in [-0.25, -0.2) is 4.39 Å². The molecule has 0 bridgehead atoms. The van der Waals surface area contributed by atoms with Crippen LogP contribution >= 0.6 is 11.6 Å². The summed E-state index contributed by atoms with van der Waals surface area (Å²) in [7, 11) is 0. The molecule has 0 fully saturated rings. The van der Waals surface area contributed by atoms with E-state index in [1.165, 1.54) is 29.0 Å². The van der Waals surface area contributed by atoms with Crippen LogP contribution in [0.1, 0.15) is 23.2 Å². The van der Waals surface area contributed by atoms with Crippen molar-refractivity contribution in [2.75, 3.05) is 5.32 Å². The number of rotatable bonds is 2. The third-order valence-corrected chi connectivity index (χ3v) is 5.37. The Morgan fingerprint density at radius 3 is 2.79 bits per heavy atom. The molecular formula is C21H19ClFN3O2. The summed E-state index contributed by atoms with van der Waals surface area (Å²) in [5.74, 6) is -2.23. The van der Waals surface area contributed by atoms with Gasteiger partial charge in [-0.3, -0.25) is 9.59 Å². The second kappa shape index (κ2) is 7.28. The van der Waals surface area contributed by atoms with E-state index in [2.05, 4.69) is 33.8 Å². The smallest absolute Gasteiger partial charge is 0.313 e. The largest absolute Gasteiger partial charge is 0.358 e. The number of anilines is 1. The number of fused-ring (bicyclic) bond motifs is 3. The molecule has 1 atom stereocenters. The minimum atomic E-state index is -0.831. The highest BCUT2D eigenvalue weighted by Gasteiger charge is 2.26. The molecule has 1 heterocycles. The molecule has 1 aliphatic rings. The van der Waals surface area contributed by atoms with Gasteiger partial charge in [0.15, 0.2) is 0 Å². The molecule has 1 aliphatic carbocycles. The average molecular weight is 400 g/mol. The Morgan fingerprint density at radius 2 is 2.00 bits per heavy atom. The van der Waals surface area contributed by atoms with Crippen LogP contribution in [0, 0.1) is 12.7 Å². The predicted octanol–water partition coefficient (Wildman–Crippen LogP) is 3.88. The van der Waals surface area contributed by atoms with Crippen LogP contribution in [0.3, 0.4) is 0 Å². The van der Waals surface area contributed by atoms with Crippen molar-refractivity contribution < 1.29 is 14.0 Å². The maximum absolute atomic E-state index is 13.5. The molecule has 1 unspecified atom stereocenters. The first-order valence-corrected chi connectivity index (χ1v) is 9.45. The Bertz CT molecular complexity index is 1090. The first-order valence-electron chi connectivity index (χ1n) is 9.07. The topological polar surface area (TPSA) is 74.0 Å². The highest BCUT2D eigenvalue weighted by molar-refractivity contribution is 6.39. The van der Waals surface area contributed by atoms with Crippen molar-refractivity contribution in [1.29, 1.82) is 0 Å². The van der Waals surface area contributed by atoms with Crippen molar-refractivity contribution in [2.24, 2.45) is 0 Å². The lowest BCUT2D eigenvalue weighted by molar-refractivity contribution is -0.136. The Kier molecular flexibility index (Phi) is 4.81. The van der Waals surface area contributed by atoms with Crippen LogP contribution in [0.15, 0.2) is 36.4 Å². The van der Waals surface area contributed by atoms with Gasteiger partial charge in [-0.05, 0) is 62.1 Å². The number of H-pyrrole nitrogens is 1. The summed E-state index contributed by atoms with van der Waals surface area (Å²) in [6.07, 6.45) is 2.21. The number of aromatic amines is 1. The number of nitrogens with one attached hydrogen (secondary N) is 3. The molecule has 0 radical (unpaired) electrons. The first kappa shape index (κ1) is 18.5. The SMILES string of the molecule is Cc1ccc2[nH]c3c(c2c1)CC(NC(=O)C(=O)Nc1ccc(Cl)c(F)c1)CC3. The van der Waals surface area contributed by atoms with Crippen LogP contribution in [0.2, 0.25) is 5.02 Å². The number of carbonyl (C=O) groups excluding carboxylic acids is 2. The van der Waals surface area contributed by atoms with Gasteiger partial charge in [0.05, 0.1) is 5.02 Å². The molecule has 5 nitrogen and oxygen atoms in total. The molecule has 3 aromatic rings. The van der Waals surface area contributed by atoms with E-state index in [1.54, 1.807) is 0 Å². The fourth-order valence-corrected chi connectivity index (χ4v) is 3.78. The summed E-state index contributed by atoms with van der Waals surface area (Å²) >= 11 is 5.62. The highest BCUT2D eigenvalue weighted by Crippen LogP contribution is 2.30. The Hall–Kier alpha value is -2.86. The van der Waals surface area contributed by atoms with Crippen LogP contribution in [0.4, 0.5) is 10.1 Å². The second-order valence-electron chi connectivity index (χ2n) is 7.13. The van der Waals surface area contributed by atoms with Crippen molar-refractivity contribution in [1.82, 2.24) is 10.3 Å². The standard InChI is InChI=1S/C21H19ClFN3O2/c1-11-2-6-18-14(8-11)15-9-12(4-7-19(15)26-18)24-20(27)21(28)25-13-3-5-16(22)17(23)10-13/h2-3,5-6,8,10,12,26H,4,7,9H2,1H3,(H,24,27)(H,25,28). The third-order valence-electron chi connectivity index (χ3n) is 5.06. The van der Waals surface area contributed by atoms with E-state index in [9.17, 15) is 14.0 Å². The zero-order valence-electron chi connectivity index (χ0n) is 15.2. The molecule has 2 aromatic carbocycles. The molecule has 144 valence electrons. The van der Waals surface area contributed by atoms with Crippen LogP contribution in [-0.2, 0) is 22.4 Å². The number of aryl methyl sites for hydroxylation is 2. The molecule has 0 spiro atoms. The van der Waals surface area contributed by atoms with Crippen LogP contribution in [-0.4, -0.2) is 22.8 Å². The number of amides is 2. The molecule has 4 rings (SSSR count). The van der Waals surface area contributed by atoms with Crippen molar-refractivity contribution in [2.45, 2.75) is 32.2 Å². The van der Waals surface area contributed by atoms with E-state index in [1.807, 2.05) is 6.92 Å². The lowest BCUT2D eigenvalue weighted by Gasteiger charge is -2.23. The second-order valence-corrected chi connectivity index (χ2v) is 7.53. The summed E-state index contributed by atoms with van der Waals surface area (Å²) in [5, 5.41) is 6.30. The first-order chi connectivity index (χ1) is 13.4. The normalized spacial score (nSPS) is 15.9. The molecule has 7 heteroatoms. The van der Waals surface area contributed by atoms with Crippen LogP contribution < -0.4 is 10.6 Å². The molecule has 2 amide bonds. The third kappa shape index (κ3) is 3.60. The molecule has 3 N–H and O–H groups in total. The molecule has 0 saturated heterocycles. The number of aromatic nitrogens is 1. The van der Waals surface area contributed by atoms with Crippen molar-refractivity contribution >= 4 is 40.0 Å². The zero-order valence-corrected chi connectivity index (χ0v) is 16.0. The Balaban J connectivity index is 1.44. The highest BCUT2D eigenvalue weighted by atomic mass is 35.5. The van der Waals surface area contributed by atoms with Gasteiger partial charge in [0.2, 0.25) is 0 Å². The Labute approximate surface area is 166 Å². The van der Waals surface area contributed by atoms with E-state index in [4.69, 9.17) is 11.6 Å². The summed E-state index contributed by atoms with van der Waals surface area (Å²) in [4.78, 5) is 27.9. The van der Waals surface area contributed by atoms with Gasteiger partial charge in [0.25, 0.3) is 0 Å². The summed E-state index contributed by atoms with van der Waals surface area (Å²) < 4.78 is 13.5. The van der Waals surface area contributed by atoms with E-state index >= 15 is 0 Å². The monoisotopic (exact) mass is 399 g/mol. The van der Waals surface area contributed by atoms with Crippen LogP contribution in [0.5, 0.6) is 0 Å². The van der Waals surface area contributed by atoms with Crippen molar-refractivity contribution in [3.05, 3.63) is 64.1 Å². The van der Waals surface area contributed by atoms with Gasteiger partial charge in [0.1, 0.15) is 5.82 Å². The van der Waals surface area contributed by atoms with Crippen molar-refractivity contribution in [3.8, 4) is 0 Å². The summed E-state index contributed by atoms with van der Waals surface area (Å²) in [6.45, 7) is 2.05. The maximum Gasteiger partial charge on any atom is 0.313 e. The maximum atomic E-state index is 13.5. The van der Waals surface area contributed by atoms with Gasteiger partial charge in [-0.1, -0.05) is 23.2 Å². The Morgan fingerprint density at radius 1 is 1.18 bits per heavy atom. The number of carbonyl (C=O) groups is 2. The molecule has 28 heavy (non-hydrogen) atoms. The van der Waals surface area contributed by atoms with Crippen LogP contribution in [0.25, 0.3) is 10.9 Å². The minimum Gasteiger partial charge on any atom is -0.358 e. The molecule has 0 saturated carbocycles. The lowest BCUT2D eigenvalue weighted by atomic mass is 9.91. The fourth-order valence-electron chi connectivity index (χ4n) is 3.67. The molecule has 1 aromatic heterocycles. The van der Waals surface area contributed by atoms with Gasteiger partial charge >= 0.3 is 11.8 Å². The summed E-state index contributed by atoms with van der Waals surface area (Å²) in [6, 6.07) is 9.98. The number of hydrogen-bond donors (Lipinski definition) is 3. The lowest BCUT2D eigenvalue weighted by Crippen LogP contribution is -2.44. The molecule has 0 aliphatic heterocycles.